The lowest BCUT2D eigenvalue weighted by Gasteiger charge is -2.33. The summed E-state index contributed by atoms with van der Waals surface area (Å²) in [6.45, 7) is 6.35. The number of nitrogens with zero attached hydrogens (tertiary/aromatic N) is 1. The molecule has 4 rings (SSSR count). The molecule has 0 radical (unpaired) electrons. The first-order valence-electron chi connectivity index (χ1n) is 10.1. The number of carboxylic acid groups (broad SMARTS) is 1. The fraction of sp³-hybridized carbons (Fsp3) is 0.478. The van der Waals surface area contributed by atoms with Gasteiger partial charge in [-0.15, -0.1) is 6.58 Å². The molecule has 2 bridgehead atoms. The maximum atomic E-state index is 13.4. The number of carbonyl (C=O) groups is 2. The number of amides is 1. The molecule has 1 amide bonds. The summed E-state index contributed by atoms with van der Waals surface area (Å²) >= 11 is 0. The molecule has 7 heteroatoms. The van der Waals surface area contributed by atoms with Crippen LogP contribution in [0, 0.1) is 11.8 Å². The lowest BCUT2D eigenvalue weighted by atomic mass is 9.74. The maximum Gasteiger partial charge on any atom is 0.230 e. The minimum absolute atomic E-state index is 0.192. The van der Waals surface area contributed by atoms with Crippen molar-refractivity contribution in [2.75, 3.05) is 20.8 Å². The van der Waals surface area contributed by atoms with E-state index in [0.717, 1.165) is 11.1 Å². The van der Waals surface area contributed by atoms with Gasteiger partial charge in [-0.25, -0.2) is 0 Å². The third kappa shape index (κ3) is 2.99. The zero-order chi connectivity index (χ0) is 21.6. The first-order chi connectivity index (χ1) is 14.3. The molecular weight excluding hydrogens is 386 g/mol. The molecule has 3 heterocycles. The van der Waals surface area contributed by atoms with Crippen molar-refractivity contribution in [3.63, 3.8) is 0 Å². The van der Waals surface area contributed by atoms with Gasteiger partial charge in [0, 0.05) is 18.4 Å². The van der Waals surface area contributed by atoms with Gasteiger partial charge in [-0.05, 0) is 37.5 Å². The molecule has 7 nitrogen and oxygen atoms in total. The average molecular weight is 412 g/mol. The topological polar surface area (TPSA) is 88.1 Å². The molecule has 0 aromatic heterocycles. The molecule has 0 saturated carbocycles. The lowest BCUT2D eigenvalue weighted by Crippen LogP contribution is -2.46. The van der Waals surface area contributed by atoms with E-state index in [4.69, 9.17) is 14.2 Å². The summed E-state index contributed by atoms with van der Waals surface area (Å²) in [6.07, 6.45) is 4.16. The van der Waals surface area contributed by atoms with Crippen molar-refractivity contribution in [2.45, 2.75) is 37.5 Å². The van der Waals surface area contributed by atoms with Gasteiger partial charge in [0.05, 0.1) is 32.3 Å². The number of carboxylic acids is 1. The fourth-order valence-electron chi connectivity index (χ4n) is 5.14. The Kier molecular flexibility index (Phi) is 5.10. The van der Waals surface area contributed by atoms with Crippen molar-refractivity contribution < 1.29 is 28.9 Å². The SMILES string of the molecule is C=C(C)C[C@@H]1N(CCc2ccc(OC)c(OC)c2)C(=O)[C@@H]2[C@H](C(=O)[O-])[C@@H]3C=C[C@]21O3. The van der Waals surface area contributed by atoms with E-state index < -0.39 is 29.5 Å². The Bertz CT molecular complexity index is 924. The molecule has 3 aliphatic heterocycles. The predicted octanol–water partition coefficient (Wildman–Crippen LogP) is 1.11. The summed E-state index contributed by atoms with van der Waals surface area (Å²) in [5, 5.41) is 11.8. The monoisotopic (exact) mass is 412 g/mol. The Morgan fingerprint density at radius 3 is 2.67 bits per heavy atom. The number of ether oxygens (including phenoxy) is 3. The third-order valence-corrected chi connectivity index (χ3v) is 6.44. The fourth-order valence-corrected chi connectivity index (χ4v) is 5.14. The summed E-state index contributed by atoms with van der Waals surface area (Å²) < 4.78 is 16.8. The van der Waals surface area contributed by atoms with Crippen LogP contribution in [0.25, 0.3) is 0 Å². The maximum absolute atomic E-state index is 13.4. The second-order valence-corrected chi connectivity index (χ2v) is 8.27. The van der Waals surface area contributed by atoms with Crippen LogP contribution >= 0.6 is 0 Å². The van der Waals surface area contributed by atoms with Gasteiger partial charge in [-0.2, -0.15) is 0 Å². The van der Waals surface area contributed by atoms with Gasteiger partial charge in [-0.1, -0.05) is 23.8 Å². The lowest BCUT2D eigenvalue weighted by molar-refractivity contribution is -0.313. The van der Waals surface area contributed by atoms with E-state index in [1.807, 2.05) is 31.2 Å². The van der Waals surface area contributed by atoms with Crippen LogP contribution in [0.4, 0.5) is 0 Å². The minimum Gasteiger partial charge on any atom is -0.550 e. The molecule has 2 fully saturated rings. The van der Waals surface area contributed by atoms with Crippen molar-refractivity contribution in [3.05, 3.63) is 48.1 Å². The van der Waals surface area contributed by atoms with E-state index in [9.17, 15) is 14.7 Å². The molecule has 2 saturated heterocycles. The first kappa shape index (κ1) is 20.5. The number of carbonyl (C=O) groups excluding carboxylic acids is 2. The van der Waals surface area contributed by atoms with Gasteiger partial charge in [-0.3, -0.25) is 4.79 Å². The molecule has 0 unspecified atom stereocenters. The minimum atomic E-state index is -1.24. The van der Waals surface area contributed by atoms with Crippen LogP contribution in [-0.4, -0.2) is 55.3 Å². The quantitative estimate of drug-likeness (QED) is 0.595. The summed E-state index contributed by atoms with van der Waals surface area (Å²) in [4.78, 5) is 26.9. The molecule has 5 atom stereocenters. The predicted molar refractivity (Wildman–Crippen MR) is 107 cm³/mol. The van der Waals surface area contributed by atoms with Crippen LogP contribution in [0.15, 0.2) is 42.5 Å². The smallest absolute Gasteiger partial charge is 0.230 e. The number of aliphatic carboxylic acids is 1. The summed E-state index contributed by atoms with van der Waals surface area (Å²) in [5.41, 5.74) is 0.973. The molecule has 1 spiro atoms. The molecular formula is C23H26NO6-. The second kappa shape index (κ2) is 7.47. The van der Waals surface area contributed by atoms with E-state index in [1.54, 1.807) is 25.2 Å². The third-order valence-electron chi connectivity index (χ3n) is 6.44. The number of rotatable bonds is 8. The van der Waals surface area contributed by atoms with E-state index >= 15 is 0 Å². The van der Waals surface area contributed by atoms with E-state index in [2.05, 4.69) is 6.58 Å². The number of hydrogen-bond acceptors (Lipinski definition) is 6. The Morgan fingerprint density at radius 1 is 1.30 bits per heavy atom. The number of benzene rings is 1. The average Bonchev–Trinajstić information content (AvgIpc) is 3.35. The van der Waals surface area contributed by atoms with E-state index in [-0.39, 0.29) is 11.9 Å². The van der Waals surface area contributed by atoms with Gasteiger partial charge >= 0.3 is 0 Å². The van der Waals surface area contributed by atoms with Crippen LogP contribution < -0.4 is 14.6 Å². The van der Waals surface area contributed by atoms with Crippen LogP contribution in [0.1, 0.15) is 18.9 Å². The van der Waals surface area contributed by atoms with Crippen molar-refractivity contribution in [1.29, 1.82) is 0 Å². The van der Waals surface area contributed by atoms with Crippen molar-refractivity contribution in [3.8, 4) is 11.5 Å². The number of hydrogen-bond donors (Lipinski definition) is 0. The Morgan fingerprint density at radius 2 is 2.03 bits per heavy atom. The highest BCUT2D eigenvalue weighted by molar-refractivity contribution is 5.91. The largest absolute Gasteiger partial charge is 0.550 e. The van der Waals surface area contributed by atoms with Crippen molar-refractivity contribution >= 4 is 11.9 Å². The van der Waals surface area contributed by atoms with Crippen LogP contribution in [0.2, 0.25) is 0 Å². The Labute approximate surface area is 175 Å². The summed E-state index contributed by atoms with van der Waals surface area (Å²) in [7, 11) is 3.16. The molecule has 160 valence electrons. The summed E-state index contributed by atoms with van der Waals surface area (Å²) in [5.74, 6) is -1.88. The first-order valence-corrected chi connectivity index (χ1v) is 10.1. The molecule has 1 aromatic carbocycles. The molecule has 30 heavy (non-hydrogen) atoms. The van der Waals surface area contributed by atoms with Crippen LogP contribution in [0.5, 0.6) is 11.5 Å². The van der Waals surface area contributed by atoms with Gasteiger partial charge in [0.1, 0.15) is 5.60 Å². The number of likely N-dealkylation sites (tertiary alicyclic amines) is 1. The molecule has 1 aromatic rings. The molecule has 0 aliphatic carbocycles. The van der Waals surface area contributed by atoms with Crippen molar-refractivity contribution in [2.24, 2.45) is 11.8 Å². The Hall–Kier alpha value is -2.80. The number of methoxy groups -OCH3 is 2. The van der Waals surface area contributed by atoms with Crippen LogP contribution in [0.3, 0.4) is 0 Å². The normalized spacial score (nSPS) is 31.2. The zero-order valence-electron chi connectivity index (χ0n) is 17.4. The second-order valence-electron chi connectivity index (χ2n) is 8.27. The highest BCUT2D eigenvalue weighted by Crippen LogP contribution is 2.55. The highest BCUT2D eigenvalue weighted by atomic mass is 16.5. The van der Waals surface area contributed by atoms with E-state index in [1.165, 1.54) is 0 Å². The summed E-state index contributed by atoms with van der Waals surface area (Å²) in [6, 6.07) is 5.36. The molecule has 0 N–H and O–H groups in total. The van der Waals surface area contributed by atoms with Gasteiger partial charge < -0.3 is 29.0 Å². The number of fused-ring (bicyclic) bond motifs is 1. The highest BCUT2D eigenvalue weighted by Gasteiger charge is 2.69. The van der Waals surface area contributed by atoms with Gasteiger partial charge in [0.25, 0.3) is 0 Å². The zero-order valence-corrected chi connectivity index (χ0v) is 17.4. The molecule has 3 aliphatic rings. The standard InChI is InChI=1S/C23H27NO6/c1-13(2)11-18-23-9-7-16(30-23)19(22(26)27)20(23)21(25)24(18)10-8-14-5-6-15(28-3)17(12-14)29-4/h5-7,9,12,16,18-20H,1,8,10-11H2,2-4H3,(H,26,27)/p-1/t16-,18-,19+,20-,23+/m0/s1. The van der Waals surface area contributed by atoms with E-state index in [0.29, 0.717) is 30.9 Å². The van der Waals surface area contributed by atoms with Crippen LogP contribution in [-0.2, 0) is 20.7 Å². The van der Waals surface area contributed by atoms with Gasteiger partial charge in [0.15, 0.2) is 11.5 Å². The van der Waals surface area contributed by atoms with Crippen molar-refractivity contribution in [1.82, 2.24) is 4.90 Å². The Balaban J connectivity index is 1.61. The van der Waals surface area contributed by atoms with Gasteiger partial charge in [0.2, 0.25) is 5.91 Å².